The fraction of sp³-hybridized carbons (Fsp3) is 0.188. The summed E-state index contributed by atoms with van der Waals surface area (Å²) in [6.07, 6.45) is -0.967. The molecule has 0 aliphatic rings. The summed E-state index contributed by atoms with van der Waals surface area (Å²) in [5.41, 5.74) is 3.59. The van der Waals surface area contributed by atoms with Crippen molar-refractivity contribution in [2.75, 3.05) is 0 Å². The largest absolute Gasteiger partial charge is 0.481 e. The lowest BCUT2D eigenvalue weighted by Gasteiger charge is -2.22. The van der Waals surface area contributed by atoms with Crippen LogP contribution in [0.5, 0.6) is 0 Å². The zero-order chi connectivity index (χ0) is 16.3. The highest BCUT2D eigenvalue weighted by atomic mass is 16.4. The van der Waals surface area contributed by atoms with Gasteiger partial charge in [-0.3, -0.25) is 9.59 Å². The summed E-state index contributed by atoms with van der Waals surface area (Å²) >= 11 is 0. The number of ketones is 1. The van der Waals surface area contributed by atoms with Crippen molar-refractivity contribution >= 4 is 28.5 Å². The second kappa shape index (κ2) is 5.95. The minimum atomic E-state index is -2.25. The van der Waals surface area contributed by atoms with Crippen molar-refractivity contribution in [2.24, 2.45) is 5.73 Å². The highest BCUT2D eigenvalue weighted by molar-refractivity contribution is 6.16. The first kappa shape index (κ1) is 15.7. The number of carbonyl (C=O) groups is 3. The number of aliphatic carboxylic acids is 2. The molecule has 0 spiro atoms. The molecule has 6 nitrogen and oxygen atoms in total. The molecular formula is C16H15NO5. The molecule has 1 atom stereocenters. The molecule has 0 heterocycles. The zero-order valence-electron chi connectivity index (χ0n) is 11.7. The van der Waals surface area contributed by atoms with Crippen LogP contribution < -0.4 is 5.73 Å². The molecule has 0 radical (unpaired) electrons. The lowest BCUT2D eigenvalue weighted by atomic mass is 9.85. The van der Waals surface area contributed by atoms with E-state index in [9.17, 15) is 19.5 Å². The number of hydrogen-bond donors (Lipinski definition) is 3. The molecule has 22 heavy (non-hydrogen) atoms. The van der Waals surface area contributed by atoms with Crippen LogP contribution in [0.4, 0.5) is 0 Å². The topological polar surface area (TPSA) is 118 Å². The number of fused-ring (bicyclic) bond motifs is 1. The van der Waals surface area contributed by atoms with Crippen LogP contribution in [0.25, 0.3) is 10.8 Å². The van der Waals surface area contributed by atoms with Gasteiger partial charge in [0.1, 0.15) is 0 Å². The maximum absolute atomic E-state index is 12.5. The van der Waals surface area contributed by atoms with Gasteiger partial charge in [-0.15, -0.1) is 0 Å². The van der Waals surface area contributed by atoms with Gasteiger partial charge in [0.05, 0.1) is 0 Å². The van der Waals surface area contributed by atoms with E-state index in [1.165, 1.54) is 6.07 Å². The average molecular weight is 301 g/mol. The molecular weight excluding hydrogens is 286 g/mol. The molecule has 2 aromatic rings. The van der Waals surface area contributed by atoms with Crippen molar-refractivity contribution in [3.63, 3.8) is 0 Å². The van der Waals surface area contributed by atoms with Crippen LogP contribution in [-0.2, 0) is 9.59 Å². The standard InChI is InChI=1S/C16H15NO5/c17-16(15(21)22,8-7-13(18)19)14(20)12-6-5-10-3-1-2-4-11(10)9-12/h1-6,9H,7-8,17H2,(H,18,19)(H,21,22). The molecule has 0 fully saturated rings. The van der Waals surface area contributed by atoms with E-state index in [1.54, 1.807) is 24.3 Å². The predicted octanol–water partition coefficient (Wildman–Crippen LogP) is 1.67. The third-order valence-electron chi connectivity index (χ3n) is 3.53. The normalized spacial score (nSPS) is 13.5. The smallest absolute Gasteiger partial charge is 0.331 e. The summed E-state index contributed by atoms with van der Waals surface area (Å²) in [5, 5.41) is 19.6. The minimum Gasteiger partial charge on any atom is -0.481 e. The van der Waals surface area contributed by atoms with E-state index in [0.717, 1.165) is 10.8 Å². The van der Waals surface area contributed by atoms with Gasteiger partial charge in [0.25, 0.3) is 0 Å². The summed E-state index contributed by atoms with van der Waals surface area (Å²) in [6, 6.07) is 12.1. The van der Waals surface area contributed by atoms with E-state index in [1.807, 2.05) is 12.1 Å². The first-order chi connectivity index (χ1) is 10.3. The Labute approximate surface area is 126 Å². The fourth-order valence-electron chi connectivity index (χ4n) is 2.21. The van der Waals surface area contributed by atoms with Crippen molar-refractivity contribution < 1.29 is 24.6 Å². The van der Waals surface area contributed by atoms with E-state index < -0.39 is 36.1 Å². The zero-order valence-corrected chi connectivity index (χ0v) is 11.7. The molecule has 2 aromatic carbocycles. The third-order valence-corrected chi connectivity index (χ3v) is 3.53. The Kier molecular flexibility index (Phi) is 4.23. The third kappa shape index (κ3) is 2.96. The number of rotatable bonds is 6. The van der Waals surface area contributed by atoms with E-state index in [2.05, 4.69) is 0 Å². The lowest BCUT2D eigenvalue weighted by molar-refractivity contribution is -0.142. The Bertz CT molecular complexity index is 755. The first-order valence-electron chi connectivity index (χ1n) is 6.62. The van der Waals surface area contributed by atoms with Gasteiger partial charge in [0, 0.05) is 12.0 Å². The average Bonchev–Trinajstić information content (AvgIpc) is 2.51. The summed E-state index contributed by atoms with van der Waals surface area (Å²) in [4.78, 5) is 34.5. The maximum atomic E-state index is 12.5. The molecule has 0 saturated heterocycles. The monoisotopic (exact) mass is 301 g/mol. The second-order valence-electron chi connectivity index (χ2n) is 5.06. The highest BCUT2D eigenvalue weighted by Crippen LogP contribution is 2.22. The number of carbonyl (C=O) groups excluding carboxylic acids is 1. The van der Waals surface area contributed by atoms with Gasteiger partial charge >= 0.3 is 11.9 Å². The van der Waals surface area contributed by atoms with Crippen LogP contribution in [0, 0.1) is 0 Å². The summed E-state index contributed by atoms with van der Waals surface area (Å²) in [7, 11) is 0. The quantitative estimate of drug-likeness (QED) is 0.552. The summed E-state index contributed by atoms with van der Waals surface area (Å²) < 4.78 is 0. The fourth-order valence-corrected chi connectivity index (χ4v) is 2.21. The second-order valence-corrected chi connectivity index (χ2v) is 5.06. The van der Waals surface area contributed by atoms with E-state index in [0.29, 0.717) is 0 Å². The number of carboxylic acids is 2. The molecule has 0 amide bonds. The van der Waals surface area contributed by atoms with Gasteiger partial charge in [-0.25, -0.2) is 4.79 Å². The summed E-state index contributed by atoms with van der Waals surface area (Å²) in [6.45, 7) is 0. The van der Waals surface area contributed by atoms with E-state index in [-0.39, 0.29) is 5.56 Å². The van der Waals surface area contributed by atoms with Crippen molar-refractivity contribution in [3.05, 3.63) is 48.0 Å². The number of nitrogens with two attached hydrogens (primary N) is 1. The van der Waals surface area contributed by atoms with Crippen LogP contribution in [-0.4, -0.2) is 33.5 Å². The molecule has 114 valence electrons. The van der Waals surface area contributed by atoms with Crippen molar-refractivity contribution in [3.8, 4) is 0 Å². The van der Waals surface area contributed by atoms with Gasteiger partial charge in [-0.1, -0.05) is 36.4 Å². The Balaban J connectivity index is 2.40. The van der Waals surface area contributed by atoms with Crippen molar-refractivity contribution in [1.82, 2.24) is 0 Å². The summed E-state index contributed by atoms with van der Waals surface area (Å²) in [5.74, 6) is -3.54. The molecule has 2 rings (SSSR count). The van der Waals surface area contributed by atoms with Crippen LogP contribution in [0.3, 0.4) is 0 Å². The van der Waals surface area contributed by atoms with Gasteiger partial charge in [0.2, 0.25) is 0 Å². The number of hydrogen-bond acceptors (Lipinski definition) is 4. The molecule has 0 saturated carbocycles. The Hall–Kier alpha value is -2.73. The minimum absolute atomic E-state index is 0.147. The number of Topliss-reactive ketones (excluding diaryl/α,β-unsaturated/α-hetero) is 1. The highest BCUT2D eigenvalue weighted by Gasteiger charge is 2.42. The molecule has 4 N–H and O–H groups in total. The Morgan fingerprint density at radius 2 is 1.64 bits per heavy atom. The lowest BCUT2D eigenvalue weighted by Crippen LogP contribution is -2.55. The molecule has 0 aliphatic carbocycles. The van der Waals surface area contributed by atoms with Crippen molar-refractivity contribution in [2.45, 2.75) is 18.4 Å². The van der Waals surface area contributed by atoms with Crippen molar-refractivity contribution in [1.29, 1.82) is 0 Å². The van der Waals surface area contributed by atoms with E-state index in [4.69, 9.17) is 10.8 Å². The van der Waals surface area contributed by atoms with Gasteiger partial charge in [0.15, 0.2) is 11.3 Å². The molecule has 0 bridgehead atoms. The number of benzene rings is 2. The predicted molar refractivity (Wildman–Crippen MR) is 79.7 cm³/mol. The van der Waals surface area contributed by atoms with E-state index >= 15 is 0 Å². The molecule has 0 aromatic heterocycles. The first-order valence-corrected chi connectivity index (χ1v) is 6.62. The maximum Gasteiger partial charge on any atom is 0.331 e. The molecule has 6 heteroatoms. The van der Waals surface area contributed by atoms with Gasteiger partial charge in [-0.05, 0) is 23.3 Å². The van der Waals surface area contributed by atoms with Crippen LogP contribution in [0.15, 0.2) is 42.5 Å². The van der Waals surface area contributed by atoms with Crippen LogP contribution >= 0.6 is 0 Å². The Morgan fingerprint density at radius 3 is 2.23 bits per heavy atom. The van der Waals surface area contributed by atoms with Gasteiger partial charge in [-0.2, -0.15) is 0 Å². The SMILES string of the molecule is NC(CCC(=O)O)(C(=O)O)C(=O)c1ccc2ccccc2c1. The van der Waals surface area contributed by atoms with Crippen LogP contribution in [0.1, 0.15) is 23.2 Å². The van der Waals surface area contributed by atoms with Gasteiger partial charge < -0.3 is 15.9 Å². The molecule has 1 unspecified atom stereocenters. The number of carboxylic acid groups (broad SMARTS) is 2. The Morgan fingerprint density at radius 1 is 1.00 bits per heavy atom. The van der Waals surface area contributed by atoms with Crippen LogP contribution in [0.2, 0.25) is 0 Å². The molecule has 0 aliphatic heterocycles.